The minimum atomic E-state index is -0.207. The topological polar surface area (TPSA) is 57.1 Å². The molecule has 1 saturated heterocycles. The van der Waals surface area contributed by atoms with Gasteiger partial charge < -0.3 is 4.74 Å². The molecule has 3 N–H and O–H groups in total. The average Bonchev–Trinajstić information content (AvgIpc) is 2.91. The Morgan fingerprint density at radius 2 is 2.05 bits per heavy atom. The van der Waals surface area contributed by atoms with E-state index < -0.39 is 0 Å². The van der Waals surface area contributed by atoms with Gasteiger partial charge in [-0.15, -0.1) is 0 Å². The maximum atomic E-state index is 13.1. The zero-order valence-corrected chi connectivity index (χ0v) is 12.2. The smallest absolute Gasteiger partial charge is 0.183 e. The third-order valence-electron chi connectivity index (χ3n) is 4.65. The van der Waals surface area contributed by atoms with Crippen molar-refractivity contribution in [3.05, 3.63) is 35.6 Å². The molecule has 4 nitrogen and oxygen atoms in total. The summed E-state index contributed by atoms with van der Waals surface area (Å²) in [5.74, 6) is 0.826. The highest BCUT2D eigenvalue weighted by molar-refractivity contribution is 5.75. The summed E-state index contributed by atoms with van der Waals surface area (Å²) in [5, 5.41) is 8.02. The molecule has 21 heavy (non-hydrogen) atoms. The first kappa shape index (κ1) is 14.5. The molecule has 1 heterocycles. The summed E-state index contributed by atoms with van der Waals surface area (Å²) in [6.45, 7) is 2.47. The second kappa shape index (κ2) is 6.12. The Labute approximate surface area is 124 Å². The molecule has 1 aromatic carbocycles. The van der Waals surface area contributed by atoms with Crippen LogP contribution in [0.3, 0.4) is 0 Å². The molecule has 1 aliphatic carbocycles. The summed E-state index contributed by atoms with van der Waals surface area (Å²) < 4.78 is 18.5. The third-order valence-corrected chi connectivity index (χ3v) is 4.65. The molecule has 0 bridgehead atoms. The van der Waals surface area contributed by atoms with Crippen LogP contribution in [0.25, 0.3) is 0 Å². The van der Waals surface area contributed by atoms with Crippen molar-refractivity contribution >= 4 is 5.90 Å². The molecule has 5 heteroatoms. The Balaban J connectivity index is 1.73. The molecule has 4 atom stereocenters. The fourth-order valence-electron chi connectivity index (χ4n) is 3.57. The lowest BCUT2D eigenvalue weighted by atomic mass is 9.74. The Morgan fingerprint density at radius 1 is 1.29 bits per heavy atom. The van der Waals surface area contributed by atoms with Crippen LogP contribution >= 0.6 is 0 Å². The summed E-state index contributed by atoms with van der Waals surface area (Å²) in [5.41, 5.74) is 7.80. The van der Waals surface area contributed by atoms with Gasteiger partial charge in [-0.05, 0) is 49.8 Å². The van der Waals surface area contributed by atoms with E-state index in [1.807, 2.05) is 19.1 Å². The first-order valence-electron chi connectivity index (χ1n) is 7.66. The first-order chi connectivity index (χ1) is 10.2. The van der Waals surface area contributed by atoms with Crippen LogP contribution in [0.2, 0.25) is 0 Å². The fraction of sp³-hybridized carbons (Fsp3) is 0.562. The van der Waals surface area contributed by atoms with Gasteiger partial charge in [-0.2, -0.15) is 0 Å². The van der Waals surface area contributed by atoms with E-state index in [0.29, 0.717) is 24.5 Å². The van der Waals surface area contributed by atoms with E-state index in [0.717, 1.165) is 24.8 Å². The molecule has 1 aromatic rings. The van der Waals surface area contributed by atoms with Gasteiger partial charge in [0.15, 0.2) is 5.90 Å². The molecule has 4 unspecified atom stereocenters. The molecule has 114 valence electrons. The van der Waals surface area contributed by atoms with E-state index >= 15 is 0 Å². The van der Waals surface area contributed by atoms with Crippen molar-refractivity contribution in [2.45, 2.75) is 38.3 Å². The van der Waals surface area contributed by atoms with Crippen molar-refractivity contribution in [1.29, 1.82) is 5.41 Å². The summed E-state index contributed by atoms with van der Waals surface area (Å²) in [7, 11) is 0. The maximum absolute atomic E-state index is 13.1. The van der Waals surface area contributed by atoms with Crippen molar-refractivity contribution in [2.24, 2.45) is 11.8 Å². The first-order valence-corrected chi connectivity index (χ1v) is 7.66. The molecule has 0 amide bonds. The fourth-order valence-corrected chi connectivity index (χ4v) is 3.57. The van der Waals surface area contributed by atoms with Gasteiger partial charge in [0.05, 0.1) is 12.6 Å². The largest absolute Gasteiger partial charge is 0.481 e. The highest BCUT2D eigenvalue weighted by Crippen LogP contribution is 2.40. The van der Waals surface area contributed by atoms with E-state index in [4.69, 9.17) is 10.1 Å². The zero-order valence-electron chi connectivity index (χ0n) is 12.2. The summed E-state index contributed by atoms with van der Waals surface area (Å²) in [6, 6.07) is 7.29. The van der Waals surface area contributed by atoms with Crippen LogP contribution in [0.5, 0.6) is 0 Å². The lowest BCUT2D eigenvalue weighted by Gasteiger charge is -2.33. The van der Waals surface area contributed by atoms with E-state index in [1.165, 1.54) is 12.1 Å². The zero-order chi connectivity index (χ0) is 14.8. The Morgan fingerprint density at radius 3 is 2.76 bits per heavy atom. The molecule has 0 aromatic heterocycles. The van der Waals surface area contributed by atoms with Gasteiger partial charge in [-0.25, -0.2) is 9.82 Å². The summed E-state index contributed by atoms with van der Waals surface area (Å²) in [4.78, 5) is 0. The van der Waals surface area contributed by atoms with Gasteiger partial charge in [0, 0.05) is 12.0 Å². The SMILES string of the molecule is CCOC(=N)C1CCC2NNC(c3ccc(F)cc3)C2C1. The maximum Gasteiger partial charge on any atom is 0.183 e. The highest BCUT2D eigenvalue weighted by Gasteiger charge is 2.42. The molecular weight excluding hydrogens is 269 g/mol. The summed E-state index contributed by atoms with van der Waals surface area (Å²) >= 11 is 0. The second-order valence-corrected chi connectivity index (χ2v) is 5.90. The standard InChI is InChI=1S/C16H22FN3O/c1-2-21-16(18)11-5-8-14-13(9-11)15(20-19-14)10-3-6-12(17)7-4-10/h3-4,6-7,11,13-15,18-20H,2,5,8-9H2,1H3. The van der Waals surface area contributed by atoms with Crippen molar-refractivity contribution < 1.29 is 9.13 Å². The number of hydrazine groups is 1. The van der Waals surface area contributed by atoms with Crippen LogP contribution in [0.4, 0.5) is 4.39 Å². The van der Waals surface area contributed by atoms with Gasteiger partial charge in [-0.3, -0.25) is 10.8 Å². The van der Waals surface area contributed by atoms with E-state index in [-0.39, 0.29) is 17.8 Å². The monoisotopic (exact) mass is 291 g/mol. The minimum absolute atomic E-state index is 0.174. The van der Waals surface area contributed by atoms with Gasteiger partial charge in [0.1, 0.15) is 5.82 Å². The quantitative estimate of drug-likeness (QED) is 0.593. The number of fused-ring (bicyclic) bond motifs is 1. The van der Waals surface area contributed by atoms with Crippen LogP contribution in [0.1, 0.15) is 37.8 Å². The summed E-state index contributed by atoms with van der Waals surface area (Å²) in [6.07, 6.45) is 2.96. The van der Waals surface area contributed by atoms with Crippen molar-refractivity contribution in [1.82, 2.24) is 10.9 Å². The van der Waals surface area contributed by atoms with Crippen LogP contribution in [-0.2, 0) is 4.74 Å². The lowest BCUT2D eigenvalue weighted by molar-refractivity contribution is 0.227. The molecule has 1 saturated carbocycles. The second-order valence-electron chi connectivity index (χ2n) is 5.90. The van der Waals surface area contributed by atoms with Gasteiger partial charge in [0.25, 0.3) is 0 Å². The predicted octanol–water partition coefficient (Wildman–Crippen LogP) is 2.77. The Kier molecular flexibility index (Phi) is 4.22. The average molecular weight is 291 g/mol. The van der Waals surface area contributed by atoms with Crippen molar-refractivity contribution in [3.63, 3.8) is 0 Å². The Hall–Kier alpha value is -1.46. The van der Waals surface area contributed by atoms with Crippen molar-refractivity contribution in [2.75, 3.05) is 6.61 Å². The number of benzene rings is 1. The van der Waals surface area contributed by atoms with Gasteiger partial charge in [-0.1, -0.05) is 12.1 Å². The molecule has 0 radical (unpaired) electrons. The van der Waals surface area contributed by atoms with E-state index in [9.17, 15) is 4.39 Å². The van der Waals surface area contributed by atoms with E-state index in [2.05, 4.69) is 10.9 Å². The van der Waals surface area contributed by atoms with E-state index in [1.54, 1.807) is 0 Å². The number of nitrogens with one attached hydrogen (secondary N) is 3. The third kappa shape index (κ3) is 2.94. The van der Waals surface area contributed by atoms with Crippen LogP contribution in [-0.4, -0.2) is 18.5 Å². The molecule has 2 aliphatic rings. The van der Waals surface area contributed by atoms with Crippen LogP contribution in [0.15, 0.2) is 24.3 Å². The van der Waals surface area contributed by atoms with Gasteiger partial charge in [0.2, 0.25) is 0 Å². The molecular formula is C16H22FN3O. The Bertz CT molecular complexity index is 505. The highest BCUT2D eigenvalue weighted by atomic mass is 19.1. The van der Waals surface area contributed by atoms with Crippen LogP contribution < -0.4 is 10.9 Å². The molecule has 3 rings (SSSR count). The van der Waals surface area contributed by atoms with Gasteiger partial charge >= 0.3 is 0 Å². The predicted molar refractivity (Wildman–Crippen MR) is 79.4 cm³/mol. The number of hydrogen-bond acceptors (Lipinski definition) is 4. The molecule has 1 aliphatic heterocycles. The normalized spacial score (nSPS) is 31.7. The van der Waals surface area contributed by atoms with Crippen molar-refractivity contribution in [3.8, 4) is 0 Å². The number of hydrogen-bond donors (Lipinski definition) is 3. The lowest BCUT2D eigenvalue weighted by Crippen LogP contribution is -2.37. The molecule has 0 spiro atoms. The number of ether oxygens (including phenoxy) is 1. The number of rotatable bonds is 3. The number of halogens is 1. The van der Waals surface area contributed by atoms with Crippen LogP contribution in [0, 0.1) is 23.1 Å². The molecule has 2 fully saturated rings. The minimum Gasteiger partial charge on any atom is -0.481 e.